The number of fused-ring (bicyclic) bond motifs is 1. The van der Waals surface area contributed by atoms with Gasteiger partial charge in [0.25, 0.3) is 0 Å². The van der Waals surface area contributed by atoms with Gasteiger partial charge in [0.05, 0.1) is 0 Å². The molecule has 0 spiro atoms. The highest BCUT2D eigenvalue weighted by atomic mass is 16.7. The van der Waals surface area contributed by atoms with Gasteiger partial charge in [0.15, 0.2) is 11.5 Å². The summed E-state index contributed by atoms with van der Waals surface area (Å²) in [5.41, 5.74) is 1.78. The van der Waals surface area contributed by atoms with Crippen molar-refractivity contribution in [2.45, 2.75) is 39.2 Å². The first-order chi connectivity index (χ1) is 8.66. The molecular formula is C15H21NO2. The lowest BCUT2D eigenvalue weighted by Gasteiger charge is -2.39. The van der Waals surface area contributed by atoms with E-state index in [1.807, 2.05) is 6.07 Å². The Hall–Kier alpha value is -1.22. The third-order valence-corrected chi connectivity index (χ3v) is 4.29. The fourth-order valence-electron chi connectivity index (χ4n) is 2.66. The number of hydrogen-bond acceptors (Lipinski definition) is 3. The lowest BCUT2D eigenvalue weighted by Crippen LogP contribution is -2.38. The van der Waals surface area contributed by atoms with Gasteiger partial charge in [-0.25, -0.2) is 0 Å². The van der Waals surface area contributed by atoms with Crippen LogP contribution in [0.1, 0.15) is 44.7 Å². The van der Waals surface area contributed by atoms with E-state index in [0.29, 0.717) is 18.2 Å². The van der Waals surface area contributed by atoms with Gasteiger partial charge < -0.3 is 14.8 Å². The maximum absolute atomic E-state index is 5.42. The summed E-state index contributed by atoms with van der Waals surface area (Å²) in [5.74, 6) is 1.73. The molecule has 1 fully saturated rings. The molecule has 0 bridgehead atoms. The third kappa shape index (κ3) is 2.19. The summed E-state index contributed by atoms with van der Waals surface area (Å²) in [7, 11) is 0. The molecule has 1 atom stereocenters. The van der Waals surface area contributed by atoms with Crippen LogP contribution >= 0.6 is 0 Å². The van der Waals surface area contributed by atoms with E-state index in [1.54, 1.807) is 0 Å². The van der Waals surface area contributed by atoms with Gasteiger partial charge in [0.2, 0.25) is 6.79 Å². The molecule has 2 aliphatic rings. The van der Waals surface area contributed by atoms with Gasteiger partial charge in [-0.3, -0.25) is 0 Å². The van der Waals surface area contributed by atoms with Crippen LogP contribution in [0.3, 0.4) is 0 Å². The molecule has 18 heavy (non-hydrogen) atoms. The molecule has 1 saturated carbocycles. The second-order valence-corrected chi connectivity index (χ2v) is 5.88. The molecule has 98 valence electrons. The van der Waals surface area contributed by atoms with E-state index in [-0.39, 0.29) is 0 Å². The molecule has 1 aromatic carbocycles. The van der Waals surface area contributed by atoms with Crippen molar-refractivity contribution in [3.05, 3.63) is 23.8 Å². The zero-order valence-corrected chi connectivity index (χ0v) is 11.2. The minimum absolute atomic E-state index is 0.346. The summed E-state index contributed by atoms with van der Waals surface area (Å²) in [6, 6.07) is 6.56. The third-order valence-electron chi connectivity index (χ3n) is 4.29. The fourth-order valence-corrected chi connectivity index (χ4v) is 2.66. The Morgan fingerprint density at radius 3 is 2.78 bits per heavy atom. The van der Waals surface area contributed by atoms with Crippen molar-refractivity contribution in [3.63, 3.8) is 0 Å². The summed E-state index contributed by atoms with van der Waals surface area (Å²) >= 11 is 0. The Kier molecular flexibility index (Phi) is 2.94. The molecule has 1 aliphatic heterocycles. The lowest BCUT2D eigenvalue weighted by molar-refractivity contribution is 0.152. The lowest BCUT2D eigenvalue weighted by atomic mass is 9.70. The van der Waals surface area contributed by atoms with E-state index in [1.165, 1.54) is 24.8 Å². The summed E-state index contributed by atoms with van der Waals surface area (Å²) in [4.78, 5) is 0. The van der Waals surface area contributed by atoms with E-state index in [0.717, 1.165) is 18.0 Å². The molecule has 3 nitrogen and oxygen atoms in total. The van der Waals surface area contributed by atoms with Crippen LogP contribution in [-0.2, 0) is 0 Å². The molecule has 0 aromatic heterocycles. The highest BCUT2D eigenvalue weighted by Crippen LogP contribution is 2.40. The monoisotopic (exact) mass is 247 g/mol. The molecular weight excluding hydrogens is 226 g/mol. The molecule has 0 saturated heterocycles. The van der Waals surface area contributed by atoms with Gasteiger partial charge >= 0.3 is 0 Å². The second kappa shape index (κ2) is 4.47. The largest absolute Gasteiger partial charge is 0.454 e. The van der Waals surface area contributed by atoms with Gasteiger partial charge in [-0.1, -0.05) is 19.4 Å². The summed E-state index contributed by atoms with van der Waals surface area (Å²) in [6.45, 7) is 6.02. The zero-order valence-electron chi connectivity index (χ0n) is 11.2. The van der Waals surface area contributed by atoms with Crippen LogP contribution in [0.25, 0.3) is 0 Å². The predicted octanol–water partition coefficient (Wildman–Crippen LogP) is 3.26. The van der Waals surface area contributed by atoms with E-state index >= 15 is 0 Å². The Morgan fingerprint density at radius 1 is 1.28 bits per heavy atom. The van der Waals surface area contributed by atoms with Crippen molar-refractivity contribution in [3.8, 4) is 11.5 Å². The number of benzene rings is 1. The molecule has 1 heterocycles. The molecule has 1 aromatic rings. The predicted molar refractivity (Wildman–Crippen MR) is 70.9 cm³/mol. The minimum Gasteiger partial charge on any atom is -0.454 e. The van der Waals surface area contributed by atoms with E-state index < -0.39 is 0 Å². The SMILES string of the molecule is CC(NCC1(C)CCC1)c1ccc2c(c1)OCO2. The van der Waals surface area contributed by atoms with Gasteiger partial charge in [-0.05, 0) is 42.9 Å². The first-order valence-electron chi connectivity index (χ1n) is 6.79. The summed E-state index contributed by atoms with van der Waals surface area (Å²) in [5, 5.41) is 3.64. The highest BCUT2D eigenvalue weighted by Gasteiger charge is 2.31. The van der Waals surface area contributed by atoms with Crippen molar-refractivity contribution < 1.29 is 9.47 Å². The number of hydrogen-bond donors (Lipinski definition) is 1. The van der Waals surface area contributed by atoms with Gasteiger partial charge in [0.1, 0.15) is 0 Å². The number of nitrogens with one attached hydrogen (secondary N) is 1. The van der Waals surface area contributed by atoms with E-state index in [2.05, 4.69) is 31.3 Å². The average molecular weight is 247 g/mol. The van der Waals surface area contributed by atoms with Crippen LogP contribution in [0.5, 0.6) is 11.5 Å². The second-order valence-electron chi connectivity index (χ2n) is 5.88. The van der Waals surface area contributed by atoms with Gasteiger partial charge in [-0.15, -0.1) is 0 Å². The smallest absolute Gasteiger partial charge is 0.231 e. The average Bonchev–Trinajstić information content (AvgIpc) is 2.80. The minimum atomic E-state index is 0.346. The van der Waals surface area contributed by atoms with Gasteiger partial charge in [0, 0.05) is 12.6 Å². The number of rotatable bonds is 4. The Morgan fingerprint density at radius 2 is 2.06 bits per heavy atom. The van der Waals surface area contributed by atoms with Crippen LogP contribution < -0.4 is 14.8 Å². The Labute approximate surface area is 108 Å². The number of ether oxygens (including phenoxy) is 2. The highest BCUT2D eigenvalue weighted by molar-refractivity contribution is 5.45. The van der Waals surface area contributed by atoms with Gasteiger partial charge in [-0.2, -0.15) is 0 Å². The quantitative estimate of drug-likeness (QED) is 0.886. The van der Waals surface area contributed by atoms with E-state index in [9.17, 15) is 0 Å². The summed E-state index contributed by atoms with van der Waals surface area (Å²) < 4.78 is 10.7. The molecule has 0 amide bonds. The zero-order chi connectivity index (χ0) is 12.6. The van der Waals surface area contributed by atoms with Crippen molar-refractivity contribution in [2.24, 2.45) is 5.41 Å². The first kappa shape index (κ1) is 11.8. The van der Waals surface area contributed by atoms with Crippen molar-refractivity contribution >= 4 is 0 Å². The normalized spacial score (nSPS) is 21.4. The van der Waals surface area contributed by atoms with Crippen LogP contribution in [0.4, 0.5) is 0 Å². The molecule has 1 aliphatic carbocycles. The Balaban J connectivity index is 1.63. The fraction of sp³-hybridized carbons (Fsp3) is 0.600. The van der Waals surface area contributed by atoms with Crippen molar-refractivity contribution in [1.29, 1.82) is 0 Å². The molecule has 0 radical (unpaired) electrons. The van der Waals surface area contributed by atoms with Crippen LogP contribution in [0.2, 0.25) is 0 Å². The Bertz CT molecular complexity index is 440. The van der Waals surface area contributed by atoms with Crippen molar-refractivity contribution in [2.75, 3.05) is 13.3 Å². The molecule has 1 N–H and O–H groups in total. The van der Waals surface area contributed by atoms with Crippen LogP contribution in [0.15, 0.2) is 18.2 Å². The standard InChI is InChI=1S/C15H21NO2/c1-11(16-9-15(2)6-3-7-15)12-4-5-13-14(8-12)18-10-17-13/h4-5,8,11,16H,3,6-7,9-10H2,1-2H3. The van der Waals surface area contributed by atoms with Crippen LogP contribution in [0, 0.1) is 5.41 Å². The maximum Gasteiger partial charge on any atom is 0.231 e. The first-order valence-corrected chi connectivity index (χ1v) is 6.79. The maximum atomic E-state index is 5.42. The van der Waals surface area contributed by atoms with E-state index in [4.69, 9.17) is 9.47 Å². The molecule has 1 unspecified atom stereocenters. The van der Waals surface area contributed by atoms with Crippen LogP contribution in [-0.4, -0.2) is 13.3 Å². The summed E-state index contributed by atoms with van der Waals surface area (Å²) in [6.07, 6.45) is 4.10. The van der Waals surface area contributed by atoms with Crippen molar-refractivity contribution in [1.82, 2.24) is 5.32 Å². The topological polar surface area (TPSA) is 30.5 Å². The molecule has 3 rings (SSSR count). The molecule has 3 heteroatoms.